The van der Waals surface area contributed by atoms with Crippen LogP contribution in [0.1, 0.15) is 12.8 Å². The number of furan rings is 1. The van der Waals surface area contributed by atoms with E-state index in [0.717, 1.165) is 29.5 Å². The van der Waals surface area contributed by atoms with Crippen LogP contribution in [0.4, 0.5) is 5.13 Å². The van der Waals surface area contributed by atoms with Gasteiger partial charge in [0.05, 0.1) is 0 Å². The predicted octanol–water partition coefficient (Wildman–Crippen LogP) is 3.92. The monoisotopic (exact) mass is 328 g/mol. The fourth-order valence-electron chi connectivity index (χ4n) is 2.72. The van der Waals surface area contributed by atoms with E-state index in [0.29, 0.717) is 24.1 Å². The van der Waals surface area contributed by atoms with Crippen LogP contribution in [0.25, 0.3) is 22.4 Å². The number of carbonyl (C=O) groups excluding carboxylic acids is 1. The molecule has 1 saturated heterocycles. The summed E-state index contributed by atoms with van der Waals surface area (Å²) in [6.45, 7) is 1.31. The highest BCUT2D eigenvalue weighted by atomic mass is 32.1. The number of thiazole rings is 1. The van der Waals surface area contributed by atoms with E-state index in [1.807, 2.05) is 35.7 Å². The quantitative estimate of drug-likeness (QED) is 0.791. The molecular formula is C17H16N2O3S. The zero-order valence-corrected chi connectivity index (χ0v) is 13.3. The van der Waals surface area contributed by atoms with Crippen LogP contribution in [0, 0.1) is 5.92 Å². The molecule has 23 heavy (non-hydrogen) atoms. The average Bonchev–Trinajstić information content (AvgIpc) is 3.21. The Morgan fingerprint density at radius 1 is 1.26 bits per heavy atom. The first-order valence-electron chi connectivity index (χ1n) is 7.63. The topological polar surface area (TPSA) is 64.4 Å². The van der Waals surface area contributed by atoms with E-state index in [9.17, 15) is 4.79 Å². The number of rotatable bonds is 3. The standard InChI is InChI=1S/C17H16N2O3S/c20-16(11-5-7-21-8-6-11)19-17-18-13(10-23-17)15-9-12-3-1-2-4-14(12)22-15/h1-4,9-11H,5-8H2,(H,18,19,20). The summed E-state index contributed by atoms with van der Waals surface area (Å²) in [5.74, 6) is 0.759. The van der Waals surface area contributed by atoms with Crippen molar-refractivity contribution in [2.24, 2.45) is 5.92 Å². The number of amides is 1. The number of hydrogen-bond acceptors (Lipinski definition) is 5. The van der Waals surface area contributed by atoms with Crippen molar-refractivity contribution in [3.63, 3.8) is 0 Å². The molecule has 1 amide bonds. The SMILES string of the molecule is O=C(Nc1nc(-c2cc3ccccc3o2)cs1)C1CCOCC1. The van der Waals surface area contributed by atoms with Crippen molar-refractivity contribution in [2.75, 3.05) is 18.5 Å². The van der Waals surface area contributed by atoms with E-state index in [-0.39, 0.29) is 11.8 Å². The number of fused-ring (bicyclic) bond motifs is 1. The lowest BCUT2D eigenvalue weighted by molar-refractivity contribution is -0.122. The second kappa shape index (κ2) is 6.14. The Kier molecular flexibility index (Phi) is 3.85. The van der Waals surface area contributed by atoms with E-state index in [2.05, 4.69) is 10.3 Å². The van der Waals surface area contributed by atoms with Crippen molar-refractivity contribution in [1.29, 1.82) is 0 Å². The minimum Gasteiger partial charge on any atom is -0.454 e. The molecule has 3 heterocycles. The zero-order chi connectivity index (χ0) is 15.6. The maximum Gasteiger partial charge on any atom is 0.229 e. The highest BCUT2D eigenvalue weighted by Gasteiger charge is 2.22. The van der Waals surface area contributed by atoms with Gasteiger partial charge in [-0.1, -0.05) is 18.2 Å². The molecule has 1 N–H and O–H groups in total. The van der Waals surface area contributed by atoms with E-state index in [1.165, 1.54) is 11.3 Å². The molecule has 118 valence electrons. The highest BCUT2D eigenvalue weighted by Crippen LogP contribution is 2.30. The number of nitrogens with zero attached hydrogens (tertiary/aromatic N) is 1. The van der Waals surface area contributed by atoms with Crippen LogP contribution in [-0.2, 0) is 9.53 Å². The highest BCUT2D eigenvalue weighted by molar-refractivity contribution is 7.14. The first-order chi connectivity index (χ1) is 11.3. The lowest BCUT2D eigenvalue weighted by Crippen LogP contribution is -2.28. The van der Waals surface area contributed by atoms with E-state index in [4.69, 9.17) is 9.15 Å². The summed E-state index contributed by atoms with van der Waals surface area (Å²) in [6.07, 6.45) is 1.54. The van der Waals surface area contributed by atoms with E-state index >= 15 is 0 Å². The lowest BCUT2D eigenvalue weighted by atomic mass is 10.00. The van der Waals surface area contributed by atoms with Crippen LogP contribution in [-0.4, -0.2) is 24.1 Å². The molecule has 1 aliphatic rings. The summed E-state index contributed by atoms with van der Waals surface area (Å²) in [6, 6.07) is 9.81. The Bertz CT molecular complexity index is 800. The van der Waals surface area contributed by atoms with Gasteiger partial charge in [-0.3, -0.25) is 4.79 Å². The molecular weight excluding hydrogens is 312 g/mol. The predicted molar refractivity (Wildman–Crippen MR) is 89.5 cm³/mol. The second-order valence-electron chi connectivity index (χ2n) is 5.56. The largest absolute Gasteiger partial charge is 0.454 e. The third-order valence-electron chi connectivity index (χ3n) is 4.00. The van der Waals surface area contributed by atoms with Gasteiger partial charge in [-0.2, -0.15) is 0 Å². The first kappa shape index (κ1) is 14.4. The molecule has 4 rings (SSSR count). The fourth-order valence-corrected chi connectivity index (χ4v) is 3.42. The van der Waals surface area contributed by atoms with Crippen molar-refractivity contribution in [2.45, 2.75) is 12.8 Å². The Morgan fingerprint density at radius 3 is 2.91 bits per heavy atom. The van der Waals surface area contributed by atoms with E-state index in [1.54, 1.807) is 0 Å². The van der Waals surface area contributed by atoms with Crippen LogP contribution >= 0.6 is 11.3 Å². The Labute approximate surface area is 137 Å². The normalized spacial score (nSPS) is 15.8. The lowest BCUT2D eigenvalue weighted by Gasteiger charge is -2.20. The molecule has 1 fully saturated rings. The van der Waals surface area contributed by atoms with Gasteiger partial charge in [-0.15, -0.1) is 11.3 Å². The van der Waals surface area contributed by atoms with Crippen molar-refractivity contribution in [1.82, 2.24) is 4.98 Å². The second-order valence-corrected chi connectivity index (χ2v) is 6.42. The van der Waals surface area contributed by atoms with Gasteiger partial charge in [0.1, 0.15) is 11.3 Å². The molecule has 0 saturated carbocycles. The van der Waals surface area contributed by atoms with Crippen LogP contribution in [0.2, 0.25) is 0 Å². The zero-order valence-electron chi connectivity index (χ0n) is 12.5. The maximum absolute atomic E-state index is 12.2. The molecule has 1 aliphatic heterocycles. The van der Waals surface area contributed by atoms with Crippen molar-refractivity contribution >= 4 is 33.3 Å². The van der Waals surface area contributed by atoms with Crippen LogP contribution in [0.15, 0.2) is 40.1 Å². The summed E-state index contributed by atoms with van der Waals surface area (Å²) >= 11 is 1.41. The number of anilines is 1. The summed E-state index contributed by atoms with van der Waals surface area (Å²) < 4.78 is 11.1. The van der Waals surface area contributed by atoms with E-state index < -0.39 is 0 Å². The summed E-state index contributed by atoms with van der Waals surface area (Å²) in [7, 11) is 0. The summed E-state index contributed by atoms with van der Waals surface area (Å²) in [5, 5.41) is 6.46. The summed E-state index contributed by atoms with van der Waals surface area (Å²) in [5.41, 5.74) is 1.58. The smallest absolute Gasteiger partial charge is 0.229 e. The number of carbonyl (C=O) groups is 1. The Morgan fingerprint density at radius 2 is 2.09 bits per heavy atom. The minimum atomic E-state index is 0.0160. The minimum absolute atomic E-state index is 0.0160. The molecule has 0 aliphatic carbocycles. The van der Waals surface area contributed by atoms with Crippen LogP contribution in [0.3, 0.4) is 0 Å². The number of hydrogen-bond donors (Lipinski definition) is 1. The van der Waals surface area contributed by atoms with Gasteiger partial charge in [0.2, 0.25) is 5.91 Å². The van der Waals surface area contributed by atoms with Crippen LogP contribution < -0.4 is 5.32 Å². The molecule has 0 unspecified atom stereocenters. The molecule has 2 aromatic heterocycles. The molecule has 0 radical (unpaired) electrons. The van der Waals surface area contributed by atoms with Gasteiger partial charge >= 0.3 is 0 Å². The Hall–Kier alpha value is -2.18. The third-order valence-corrected chi connectivity index (χ3v) is 4.76. The van der Waals surface area contributed by atoms with Crippen molar-refractivity contribution in [3.05, 3.63) is 35.7 Å². The third kappa shape index (κ3) is 3.00. The molecule has 1 aromatic carbocycles. The molecule has 5 nitrogen and oxygen atoms in total. The Balaban J connectivity index is 1.51. The number of aromatic nitrogens is 1. The van der Waals surface area contributed by atoms with Gasteiger partial charge < -0.3 is 14.5 Å². The molecule has 6 heteroatoms. The molecule has 0 atom stereocenters. The summed E-state index contributed by atoms with van der Waals surface area (Å²) in [4.78, 5) is 16.7. The number of para-hydroxylation sites is 1. The average molecular weight is 328 g/mol. The number of nitrogens with one attached hydrogen (secondary N) is 1. The first-order valence-corrected chi connectivity index (χ1v) is 8.50. The molecule has 3 aromatic rings. The van der Waals surface area contributed by atoms with Gasteiger partial charge in [0.25, 0.3) is 0 Å². The fraction of sp³-hybridized carbons (Fsp3) is 0.294. The van der Waals surface area contributed by atoms with Gasteiger partial charge in [0.15, 0.2) is 10.9 Å². The van der Waals surface area contributed by atoms with Gasteiger partial charge in [-0.25, -0.2) is 4.98 Å². The van der Waals surface area contributed by atoms with Gasteiger partial charge in [0, 0.05) is 29.9 Å². The van der Waals surface area contributed by atoms with Crippen LogP contribution in [0.5, 0.6) is 0 Å². The maximum atomic E-state index is 12.2. The number of benzene rings is 1. The van der Waals surface area contributed by atoms with Crippen molar-refractivity contribution in [3.8, 4) is 11.5 Å². The molecule has 0 bridgehead atoms. The number of ether oxygens (including phenoxy) is 1. The van der Waals surface area contributed by atoms with Crippen molar-refractivity contribution < 1.29 is 13.9 Å². The molecule has 0 spiro atoms. The van der Waals surface area contributed by atoms with Gasteiger partial charge in [-0.05, 0) is 25.0 Å².